The Morgan fingerprint density at radius 3 is 2.70 bits per heavy atom. The van der Waals surface area contributed by atoms with E-state index in [0.29, 0.717) is 5.69 Å². The van der Waals surface area contributed by atoms with Crippen molar-refractivity contribution in [2.75, 3.05) is 0 Å². The van der Waals surface area contributed by atoms with Gasteiger partial charge in [-0.05, 0) is 26.8 Å². The van der Waals surface area contributed by atoms with Gasteiger partial charge in [-0.3, -0.25) is 19.0 Å². The van der Waals surface area contributed by atoms with E-state index >= 15 is 0 Å². The highest BCUT2D eigenvalue weighted by atomic mass is 16.4. The summed E-state index contributed by atoms with van der Waals surface area (Å²) in [6.45, 7) is 6.79. The van der Waals surface area contributed by atoms with E-state index in [-0.39, 0.29) is 24.9 Å². The number of rotatable bonds is 7. The number of amides is 1. The second-order valence-corrected chi connectivity index (χ2v) is 5.28. The lowest BCUT2D eigenvalue weighted by Gasteiger charge is -2.14. The van der Waals surface area contributed by atoms with E-state index in [4.69, 9.17) is 5.11 Å². The van der Waals surface area contributed by atoms with Gasteiger partial charge in [0, 0.05) is 24.0 Å². The van der Waals surface area contributed by atoms with Gasteiger partial charge in [0.1, 0.15) is 5.69 Å². The minimum Gasteiger partial charge on any atom is -0.481 e. The number of hydrogen-bond acceptors (Lipinski definition) is 4. The van der Waals surface area contributed by atoms with Crippen molar-refractivity contribution < 1.29 is 14.7 Å². The van der Waals surface area contributed by atoms with Crippen LogP contribution in [0.3, 0.4) is 0 Å². The quantitative estimate of drug-likeness (QED) is 0.802. The number of carbonyl (C=O) groups excluding carboxylic acids is 1. The van der Waals surface area contributed by atoms with Gasteiger partial charge in [0.2, 0.25) is 0 Å². The van der Waals surface area contributed by atoms with Crippen LogP contribution in [0, 0.1) is 6.92 Å². The minimum atomic E-state index is -0.928. The van der Waals surface area contributed by atoms with Crippen molar-refractivity contribution in [2.45, 2.75) is 46.3 Å². The zero-order valence-electron chi connectivity index (χ0n) is 13.5. The summed E-state index contributed by atoms with van der Waals surface area (Å²) >= 11 is 0. The summed E-state index contributed by atoms with van der Waals surface area (Å²) in [5.74, 6) is -1.22. The highest BCUT2D eigenvalue weighted by Crippen LogP contribution is 2.17. The molecule has 0 aliphatic carbocycles. The van der Waals surface area contributed by atoms with Crippen molar-refractivity contribution >= 4 is 11.9 Å². The summed E-state index contributed by atoms with van der Waals surface area (Å²) in [6.07, 6.45) is 3.16. The molecule has 124 valence electrons. The topological polar surface area (TPSA) is 102 Å². The van der Waals surface area contributed by atoms with Crippen LogP contribution in [0.2, 0.25) is 0 Å². The van der Waals surface area contributed by atoms with E-state index in [0.717, 1.165) is 17.8 Å². The minimum absolute atomic E-state index is 0.0834. The number of nitrogens with one attached hydrogen (secondary N) is 1. The molecule has 2 heterocycles. The smallest absolute Gasteiger partial charge is 0.305 e. The first-order valence-corrected chi connectivity index (χ1v) is 7.50. The van der Waals surface area contributed by atoms with E-state index in [1.807, 2.05) is 25.5 Å². The van der Waals surface area contributed by atoms with Crippen molar-refractivity contribution in [3.05, 3.63) is 35.4 Å². The predicted molar refractivity (Wildman–Crippen MR) is 83.0 cm³/mol. The first kappa shape index (κ1) is 16.7. The maximum atomic E-state index is 12.4. The molecule has 0 bridgehead atoms. The monoisotopic (exact) mass is 319 g/mol. The molecule has 0 radical (unpaired) electrons. The second-order valence-electron chi connectivity index (χ2n) is 5.28. The molecule has 2 aromatic rings. The van der Waals surface area contributed by atoms with E-state index in [9.17, 15) is 9.59 Å². The van der Waals surface area contributed by atoms with Crippen LogP contribution in [-0.2, 0) is 17.9 Å². The summed E-state index contributed by atoms with van der Waals surface area (Å²) in [6, 6.07) is 1.37. The van der Waals surface area contributed by atoms with Gasteiger partial charge in [-0.1, -0.05) is 0 Å². The lowest BCUT2D eigenvalue weighted by molar-refractivity contribution is -0.137. The fourth-order valence-corrected chi connectivity index (χ4v) is 2.46. The van der Waals surface area contributed by atoms with Crippen LogP contribution in [0.1, 0.15) is 48.1 Å². The molecule has 2 rings (SSSR count). The third-order valence-corrected chi connectivity index (χ3v) is 3.74. The van der Waals surface area contributed by atoms with E-state index < -0.39 is 5.97 Å². The van der Waals surface area contributed by atoms with Crippen LogP contribution in [0.25, 0.3) is 0 Å². The molecular formula is C15H21N5O3. The van der Waals surface area contributed by atoms with Crippen LogP contribution in [-0.4, -0.2) is 36.5 Å². The Bertz CT molecular complexity index is 704. The Morgan fingerprint density at radius 2 is 2.09 bits per heavy atom. The van der Waals surface area contributed by atoms with Crippen molar-refractivity contribution in [3.63, 3.8) is 0 Å². The summed E-state index contributed by atoms with van der Waals surface area (Å²) in [5, 5.41) is 19.9. The Hall–Kier alpha value is -2.64. The summed E-state index contributed by atoms with van der Waals surface area (Å²) in [4.78, 5) is 23.1. The third kappa shape index (κ3) is 3.77. The van der Waals surface area contributed by atoms with Gasteiger partial charge in [-0.2, -0.15) is 10.2 Å². The van der Waals surface area contributed by atoms with Gasteiger partial charge in [-0.25, -0.2) is 0 Å². The number of carboxylic acid groups (broad SMARTS) is 1. The molecule has 1 atom stereocenters. The van der Waals surface area contributed by atoms with Gasteiger partial charge < -0.3 is 10.4 Å². The maximum Gasteiger partial charge on any atom is 0.305 e. The molecule has 2 aromatic heterocycles. The fraction of sp³-hybridized carbons (Fsp3) is 0.467. The molecule has 0 aromatic carbocycles. The number of carbonyl (C=O) groups is 2. The summed E-state index contributed by atoms with van der Waals surface area (Å²) in [5.41, 5.74) is 2.31. The van der Waals surface area contributed by atoms with Crippen LogP contribution >= 0.6 is 0 Å². The maximum absolute atomic E-state index is 12.4. The zero-order valence-corrected chi connectivity index (χ0v) is 13.5. The highest BCUT2D eigenvalue weighted by molar-refractivity contribution is 5.92. The number of hydrogen-bond donors (Lipinski definition) is 2. The molecule has 0 saturated heterocycles. The Balaban J connectivity index is 2.08. The first-order chi connectivity index (χ1) is 10.9. The molecule has 0 aliphatic rings. The molecule has 0 saturated carbocycles. The van der Waals surface area contributed by atoms with Crippen molar-refractivity contribution in [1.29, 1.82) is 0 Å². The molecule has 1 unspecified atom stereocenters. The Kier molecular flexibility index (Phi) is 5.15. The Labute approximate surface area is 134 Å². The molecular weight excluding hydrogens is 298 g/mol. The normalized spacial score (nSPS) is 12.1. The fourth-order valence-electron chi connectivity index (χ4n) is 2.46. The molecule has 8 heteroatoms. The van der Waals surface area contributed by atoms with Gasteiger partial charge >= 0.3 is 5.97 Å². The van der Waals surface area contributed by atoms with Crippen molar-refractivity contribution in [1.82, 2.24) is 24.9 Å². The molecule has 2 N–H and O–H groups in total. The lowest BCUT2D eigenvalue weighted by atomic mass is 10.1. The SMILES string of the molecule is CCn1ncc(C(C)NC(=O)c2ccnn2CCC(=O)O)c1C. The molecule has 0 fully saturated rings. The number of aliphatic carboxylic acids is 1. The average Bonchev–Trinajstić information content (AvgIpc) is 3.11. The standard InChI is InChI=1S/C15H21N5O3/c1-4-19-11(3)12(9-17-19)10(2)18-15(23)13-5-7-16-20(13)8-6-14(21)22/h5,7,9-10H,4,6,8H2,1-3H3,(H,18,23)(H,21,22). The van der Waals surface area contributed by atoms with Crippen LogP contribution in [0.5, 0.6) is 0 Å². The molecule has 0 spiro atoms. The second kappa shape index (κ2) is 7.08. The number of aryl methyl sites for hydroxylation is 2. The first-order valence-electron chi connectivity index (χ1n) is 7.50. The number of nitrogens with zero attached hydrogens (tertiary/aromatic N) is 4. The van der Waals surface area contributed by atoms with Gasteiger partial charge in [0.15, 0.2) is 0 Å². The predicted octanol–water partition coefficient (Wildman–Crippen LogP) is 1.37. The van der Waals surface area contributed by atoms with Crippen LogP contribution in [0.4, 0.5) is 0 Å². The van der Waals surface area contributed by atoms with Crippen molar-refractivity contribution in [2.24, 2.45) is 0 Å². The van der Waals surface area contributed by atoms with Gasteiger partial charge in [0.25, 0.3) is 5.91 Å². The van der Waals surface area contributed by atoms with Crippen LogP contribution in [0.15, 0.2) is 18.5 Å². The molecule has 23 heavy (non-hydrogen) atoms. The highest BCUT2D eigenvalue weighted by Gasteiger charge is 2.18. The summed E-state index contributed by atoms with van der Waals surface area (Å²) in [7, 11) is 0. The number of carboxylic acids is 1. The summed E-state index contributed by atoms with van der Waals surface area (Å²) < 4.78 is 3.27. The third-order valence-electron chi connectivity index (χ3n) is 3.74. The van der Waals surface area contributed by atoms with Crippen LogP contribution < -0.4 is 5.32 Å². The lowest BCUT2D eigenvalue weighted by Crippen LogP contribution is -2.29. The van der Waals surface area contributed by atoms with Gasteiger partial charge in [-0.15, -0.1) is 0 Å². The van der Waals surface area contributed by atoms with E-state index in [1.54, 1.807) is 12.3 Å². The molecule has 0 aliphatic heterocycles. The van der Waals surface area contributed by atoms with E-state index in [2.05, 4.69) is 15.5 Å². The average molecular weight is 319 g/mol. The molecule has 1 amide bonds. The molecule has 8 nitrogen and oxygen atoms in total. The van der Waals surface area contributed by atoms with Gasteiger partial charge in [0.05, 0.1) is 25.2 Å². The largest absolute Gasteiger partial charge is 0.481 e. The number of aromatic nitrogens is 4. The zero-order chi connectivity index (χ0) is 17.0. The Morgan fingerprint density at radius 1 is 1.35 bits per heavy atom. The van der Waals surface area contributed by atoms with E-state index in [1.165, 1.54) is 10.9 Å². The van der Waals surface area contributed by atoms with Crippen molar-refractivity contribution in [3.8, 4) is 0 Å².